The average molecular weight is 140 g/mol. The SMILES string of the molecule is CCC(=O)NSCl. The molecule has 42 valence electrons. The lowest BCUT2D eigenvalue weighted by Crippen LogP contribution is -2.11. The van der Waals surface area contributed by atoms with E-state index >= 15 is 0 Å². The Balaban J connectivity index is 3.00. The zero-order chi connectivity index (χ0) is 5.70. The Hall–Kier alpha value is 0.110. The summed E-state index contributed by atoms with van der Waals surface area (Å²) in [7, 11) is 5.06. The van der Waals surface area contributed by atoms with E-state index in [1.807, 2.05) is 0 Å². The van der Waals surface area contributed by atoms with Crippen LogP contribution >= 0.6 is 21.8 Å². The van der Waals surface area contributed by atoms with Gasteiger partial charge in [-0.2, -0.15) is 0 Å². The third kappa shape index (κ3) is 3.95. The molecule has 7 heavy (non-hydrogen) atoms. The highest BCUT2D eigenvalue weighted by molar-refractivity contribution is 8.19. The van der Waals surface area contributed by atoms with Crippen LogP contribution in [0.15, 0.2) is 0 Å². The lowest BCUT2D eigenvalue weighted by molar-refractivity contribution is -0.118. The van der Waals surface area contributed by atoms with Crippen LogP contribution in [0.2, 0.25) is 0 Å². The lowest BCUT2D eigenvalue weighted by atomic mass is 10.5. The summed E-state index contributed by atoms with van der Waals surface area (Å²) in [6.45, 7) is 1.77. The number of carbonyl (C=O) groups excluding carboxylic acids is 1. The minimum absolute atomic E-state index is 0.0417. The monoisotopic (exact) mass is 139 g/mol. The summed E-state index contributed by atoms with van der Waals surface area (Å²) in [6.07, 6.45) is 0.486. The number of halogens is 1. The number of hydrogen-bond donors (Lipinski definition) is 1. The third-order valence-electron chi connectivity index (χ3n) is 0.474. The fourth-order valence-corrected chi connectivity index (χ4v) is 0.604. The summed E-state index contributed by atoms with van der Waals surface area (Å²) in [4.78, 5) is 10.2. The highest BCUT2D eigenvalue weighted by Gasteiger charge is 1.90. The van der Waals surface area contributed by atoms with E-state index in [-0.39, 0.29) is 5.91 Å². The summed E-state index contributed by atoms with van der Waals surface area (Å²) in [5, 5.41) is 0. The van der Waals surface area contributed by atoms with Crippen LogP contribution in [0.5, 0.6) is 0 Å². The molecule has 0 aromatic carbocycles. The van der Waals surface area contributed by atoms with Crippen molar-refractivity contribution >= 4 is 27.8 Å². The highest BCUT2D eigenvalue weighted by Crippen LogP contribution is 1.97. The van der Waals surface area contributed by atoms with E-state index in [0.717, 1.165) is 11.2 Å². The molecule has 0 aliphatic heterocycles. The van der Waals surface area contributed by atoms with E-state index in [2.05, 4.69) is 4.72 Å². The summed E-state index contributed by atoms with van der Waals surface area (Å²) >= 11 is 0.807. The van der Waals surface area contributed by atoms with E-state index in [1.54, 1.807) is 6.92 Å². The predicted octanol–water partition coefficient (Wildman–Crippen LogP) is 1.31. The van der Waals surface area contributed by atoms with Crippen molar-refractivity contribution in [1.29, 1.82) is 0 Å². The van der Waals surface area contributed by atoms with Crippen LogP contribution in [0.1, 0.15) is 13.3 Å². The zero-order valence-electron chi connectivity index (χ0n) is 3.90. The molecule has 0 fully saturated rings. The first-order valence-electron chi connectivity index (χ1n) is 1.87. The number of rotatable bonds is 2. The molecule has 0 bridgehead atoms. The van der Waals surface area contributed by atoms with Crippen LogP contribution in [-0.4, -0.2) is 5.91 Å². The van der Waals surface area contributed by atoms with Gasteiger partial charge < -0.3 is 0 Å². The van der Waals surface area contributed by atoms with Gasteiger partial charge in [-0.15, -0.1) is 0 Å². The molecule has 4 heteroatoms. The average Bonchev–Trinajstić information content (AvgIpc) is 1.68. The largest absolute Gasteiger partial charge is 0.287 e. The standard InChI is InChI=1S/C3H6ClNOS/c1-2-3(6)5-7-4/h2H2,1H3,(H,5,6). The number of amides is 1. The van der Waals surface area contributed by atoms with Crippen LogP contribution < -0.4 is 4.72 Å². The maximum Gasteiger partial charge on any atom is 0.230 e. The van der Waals surface area contributed by atoms with Crippen molar-refractivity contribution in [2.75, 3.05) is 0 Å². The molecule has 1 amide bonds. The van der Waals surface area contributed by atoms with Gasteiger partial charge >= 0.3 is 0 Å². The molecular weight excluding hydrogens is 134 g/mol. The van der Waals surface area contributed by atoms with Crippen molar-refractivity contribution in [2.24, 2.45) is 0 Å². The van der Waals surface area contributed by atoms with Gasteiger partial charge in [0.15, 0.2) is 0 Å². The van der Waals surface area contributed by atoms with Gasteiger partial charge in [0.1, 0.15) is 0 Å². The smallest absolute Gasteiger partial charge is 0.230 e. The van der Waals surface area contributed by atoms with E-state index in [0.29, 0.717) is 6.42 Å². The Kier molecular flexibility index (Phi) is 4.34. The van der Waals surface area contributed by atoms with Crippen LogP contribution in [-0.2, 0) is 4.79 Å². The topological polar surface area (TPSA) is 29.1 Å². The van der Waals surface area contributed by atoms with Crippen molar-refractivity contribution in [3.8, 4) is 0 Å². The molecule has 1 N–H and O–H groups in total. The van der Waals surface area contributed by atoms with Crippen LogP contribution in [0, 0.1) is 0 Å². The highest BCUT2D eigenvalue weighted by atomic mass is 35.7. The molecule has 0 spiro atoms. The fraction of sp³-hybridized carbons (Fsp3) is 0.667. The van der Waals surface area contributed by atoms with Gasteiger partial charge in [-0.05, 0) is 10.7 Å². The Bertz CT molecular complexity index is 68.0. The molecule has 0 atom stereocenters. The molecular formula is C3H6ClNOS. The second-order valence-corrected chi connectivity index (χ2v) is 1.78. The van der Waals surface area contributed by atoms with Crippen LogP contribution in [0.25, 0.3) is 0 Å². The Morgan fingerprint density at radius 2 is 2.57 bits per heavy atom. The molecule has 0 aromatic heterocycles. The van der Waals surface area contributed by atoms with E-state index in [4.69, 9.17) is 10.7 Å². The predicted molar refractivity (Wildman–Crippen MR) is 31.9 cm³/mol. The quantitative estimate of drug-likeness (QED) is 0.585. The third-order valence-corrected chi connectivity index (χ3v) is 1.01. The maximum atomic E-state index is 10.2. The Morgan fingerprint density at radius 3 is 2.71 bits per heavy atom. The molecule has 0 saturated heterocycles. The summed E-state index contributed by atoms with van der Waals surface area (Å²) in [6, 6.07) is 0. The molecule has 0 saturated carbocycles. The van der Waals surface area contributed by atoms with Crippen molar-refractivity contribution in [1.82, 2.24) is 4.72 Å². The first-order chi connectivity index (χ1) is 3.31. The fourth-order valence-electron chi connectivity index (χ4n) is 0.115. The minimum Gasteiger partial charge on any atom is -0.287 e. The van der Waals surface area contributed by atoms with Crippen molar-refractivity contribution in [3.05, 3.63) is 0 Å². The van der Waals surface area contributed by atoms with E-state index in [9.17, 15) is 4.79 Å². The van der Waals surface area contributed by atoms with Gasteiger partial charge in [0, 0.05) is 6.42 Å². The molecule has 0 aliphatic carbocycles. The molecule has 0 unspecified atom stereocenters. The second kappa shape index (κ2) is 4.27. The molecule has 2 nitrogen and oxygen atoms in total. The van der Waals surface area contributed by atoms with Gasteiger partial charge in [-0.1, -0.05) is 6.92 Å². The van der Waals surface area contributed by atoms with Crippen molar-refractivity contribution in [3.63, 3.8) is 0 Å². The first-order valence-corrected chi connectivity index (χ1v) is 3.52. The van der Waals surface area contributed by atoms with Gasteiger partial charge in [0.2, 0.25) is 5.91 Å². The molecule has 0 radical (unpaired) electrons. The lowest BCUT2D eigenvalue weighted by Gasteiger charge is -1.90. The van der Waals surface area contributed by atoms with E-state index in [1.165, 1.54) is 0 Å². The molecule has 0 aromatic rings. The van der Waals surface area contributed by atoms with Gasteiger partial charge in [0.25, 0.3) is 0 Å². The molecule has 0 aliphatic rings. The van der Waals surface area contributed by atoms with Gasteiger partial charge in [-0.3, -0.25) is 9.52 Å². The minimum atomic E-state index is -0.0417. The second-order valence-electron chi connectivity index (χ2n) is 0.956. The van der Waals surface area contributed by atoms with Crippen molar-refractivity contribution in [2.45, 2.75) is 13.3 Å². The Morgan fingerprint density at radius 1 is 2.00 bits per heavy atom. The summed E-state index contributed by atoms with van der Waals surface area (Å²) < 4.78 is 2.34. The number of carbonyl (C=O) groups is 1. The zero-order valence-corrected chi connectivity index (χ0v) is 5.47. The van der Waals surface area contributed by atoms with Gasteiger partial charge in [-0.25, -0.2) is 0 Å². The molecule has 0 rings (SSSR count). The summed E-state index contributed by atoms with van der Waals surface area (Å²) in [5.74, 6) is -0.0417. The van der Waals surface area contributed by atoms with Gasteiger partial charge in [0.05, 0.1) is 11.2 Å². The van der Waals surface area contributed by atoms with Crippen LogP contribution in [0.3, 0.4) is 0 Å². The Labute approximate surface area is 51.2 Å². The first kappa shape index (κ1) is 7.11. The summed E-state index contributed by atoms with van der Waals surface area (Å²) in [5.41, 5.74) is 0. The van der Waals surface area contributed by atoms with Crippen molar-refractivity contribution < 1.29 is 4.79 Å². The normalized spacial score (nSPS) is 8.29. The molecule has 0 heterocycles. The maximum absolute atomic E-state index is 10.2. The number of nitrogens with one attached hydrogen (secondary N) is 1. The van der Waals surface area contributed by atoms with E-state index < -0.39 is 0 Å². The van der Waals surface area contributed by atoms with Crippen LogP contribution in [0.4, 0.5) is 0 Å². The number of hydrogen-bond acceptors (Lipinski definition) is 2.